The van der Waals surface area contributed by atoms with Crippen LogP contribution in [0.25, 0.3) is 10.9 Å². The van der Waals surface area contributed by atoms with Crippen molar-refractivity contribution < 1.29 is 23.8 Å². The number of benzene rings is 1. The van der Waals surface area contributed by atoms with Crippen LogP contribution in [-0.4, -0.2) is 65.7 Å². The first-order valence-corrected chi connectivity index (χ1v) is 11.4. The number of rotatable bonds is 7. The highest BCUT2D eigenvalue weighted by atomic mass is 19.1. The van der Waals surface area contributed by atoms with Gasteiger partial charge in [0.1, 0.15) is 24.3 Å². The van der Waals surface area contributed by atoms with Crippen LogP contribution in [0.5, 0.6) is 5.75 Å². The normalized spacial score (nSPS) is 18.1. The summed E-state index contributed by atoms with van der Waals surface area (Å²) in [6.45, 7) is 1.96. The molecule has 0 radical (unpaired) electrons. The maximum absolute atomic E-state index is 14.6. The Morgan fingerprint density at radius 2 is 2.09 bits per heavy atom. The van der Waals surface area contributed by atoms with E-state index in [0.29, 0.717) is 49.1 Å². The summed E-state index contributed by atoms with van der Waals surface area (Å²) in [4.78, 5) is 30.3. The first-order chi connectivity index (χ1) is 16.9. The van der Waals surface area contributed by atoms with Crippen LogP contribution >= 0.6 is 0 Å². The molecule has 0 spiro atoms. The maximum Gasteiger partial charge on any atom is 0.416 e. The Balaban J connectivity index is 1.18. The van der Waals surface area contributed by atoms with Crippen LogP contribution in [0.1, 0.15) is 5.56 Å². The molecule has 3 N–H and O–H groups in total. The number of carbonyl (C=O) groups is 1. The Hall–Kier alpha value is -3.70. The molecule has 0 bridgehead atoms. The summed E-state index contributed by atoms with van der Waals surface area (Å²) in [6.07, 6.45) is -1.82. The number of anilines is 2. The molecular formula is C24H26FN5O5. The largest absolute Gasteiger partial charge is 0.488 e. The number of aliphatic hydroxyl groups is 1. The molecule has 10 nitrogen and oxygen atoms in total. The van der Waals surface area contributed by atoms with Crippen LogP contribution in [0.4, 0.5) is 20.8 Å². The zero-order valence-electron chi connectivity index (χ0n) is 19.2. The van der Waals surface area contributed by atoms with E-state index in [4.69, 9.17) is 9.47 Å². The average molecular weight is 484 g/mol. The summed E-state index contributed by atoms with van der Waals surface area (Å²) < 4.78 is 26.9. The topological polar surface area (TPSA) is 118 Å². The molecule has 2 aliphatic heterocycles. The van der Waals surface area contributed by atoms with Gasteiger partial charge in [-0.3, -0.25) is 9.69 Å². The van der Waals surface area contributed by atoms with Crippen LogP contribution in [0.15, 0.2) is 41.2 Å². The van der Waals surface area contributed by atoms with Crippen molar-refractivity contribution in [2.75, 3.05) is 43.0 Å². The number of halogens is 1. The molecule has 1 aromatic carbocycles. The fourth-order valence-corrected chi connectivity index (χ4v) is 4.43. The van der Waals surface area contributed by atoms with Gasteiger partial charge in [-0.15, -0.1) is 0 Å². The number of pyridine rings is 2. The SMILES string of the molecule is Cn1c(=O)ccc2ccc(F)c(C[C@H](O)CNC[C@H]3CN(c4ccc5c(n4)NCCO5)C(=O)O3)c21. The third-order valence-electron chi connectivity index (χ3n) is 6.17. The van der Waals surface area contributed by atoms with E-state index >= 15 is 0 Å². The minimum Gasteiger partial charge on any atom is -0.488 e. The molecule has 0 saturated carbocycles. The van der Waals surface area contributed by atoms with Gasteiger partial charge in [0.25, 0.3) is 5.56 Å². The fourth-order valence-electron chi connectivity index (χ4n) is 4.43. The lowest BCUT2D eigenvalue weighted by molar-refractivity contribution is 0.132. The lowest BCUT2D eigenvalue weighted by atomic mass is 10.0. The molecule has 0 aliphatic carbocycles. The fraction of sp³-hybridized carbons (Fsp3) is 0.375. The molecule has 4 heterocycles. The number of nitrogens with zero attached hydrogens (tertiary/aromatic N) is 3. The number of carbonyl (C=O) groups excluding carboxylic acids is 1. The molecular weight excluding hydrogens is 457 g/mol. The van der Waals surface area contributed by atoms with Crippen LogP contribution < -0.4 is 25.8 Å². The Kier molecular flexibility index (Phi) is 6.27. The standard InChI is InChI=1S/C24H26FN5O5/c1-29-21(32)7-3-14-2-4-18(25)17(22(14)29)10-15(31)11-26-12-16-13-30(24(33)35-16)20-6-5-19-23(28-20)27-8-9-34-19/h2-7,15-16,26,31H,8-13H2,1H3,(H,27,28)/t15-,16-/m0/s1. The second-order valence-electron chi connectivity index (χ2n) is 8.62. The van der Waals surface area contributed by atoms with Crippen molar-refractivity contribution in [3.05, 3.63) is 58.1 Å². The van der Waals surface area contributed by atoms with Gasteiger partial charge in [0, 0.05) is 38.2 Å². The van der Waals surface area contributed by atoms with Gasteiger partial charge in [-0.2, -0.15) is 0 Å². The lowest BCUT2D eigenvalue weighted by Gasteiger charge is -2.20. The highest BCUT2D eigenvalue weighted by Gasteiger charge is 2.33. The molecule has 2 aliphatic rings. The number of amides is 1. The summed E-state index contributed by atoms with van der Waals surface area (Å²) in [6, 6.07) is 9.49. The van der Waals surface area contributed by atoms with E-state index in [-0.39, 0.29) is 24.1 Å². The minimum absolute atomic E-state index is 0.0260. The number of aryl methyl sites for hydroxylation is 1. The molecule has 11 heteroatoms. The van der Waals surface area contributed by atoms with E-state index in [1.165, 1.54) is 21.6 Å². The predicted octanol–water partition coefficient (Wildman–Crippen LogP) is 1.40. The Morgan fingerprint density at radius 3 is 2.94 bits per heavy atom. The van der Waals surface area contributed by atoms with E-state index in [0.717, 1.165) is 5.39 Å². The molecule has 2 atom stereocenters. The summed E-state index contributed by atoms with van der Waals surface area (Å²) >= 11 is 0. The highest BCUT2D eigenvalue weighted by Crippen LogP contribution is 2.29. The zero-order chi connectivity index (χ0) is 24.5. The Bertz CT molecular complexity index is 1330. The number of cyclic esters (lactones) is 1. The molecule has 0 unspecified atom stereocenters. The first-order valence-electron chi connectivity index (χ1n) is 11.4. The molecule has 2 aromatic heterocycles. The molecule has 1 amide bonds. The van der Waals surface area contributed by atoms with E-state index in [1.54, 1.807) is 31.3 Å². The van der Waals surface area contributed by atoms with Crippen molar-refractivity contribution in [3.63, 3.8) is 0 Å². The van der Waals surface area contributed by atoms with Gasteiger partial charge in [-0.25, -0.2) is 14.2 Å². The second kappa shape index (κ2) is 9.51. The second-order valence-corrected chi connectivity index (χ2v) is 8.62. The number of ether oxygens (including phenoxy) is 2. The van der Waals surface area contributed by atoms with Crippen molar-refractivity contribution in [2.45, 2.75) is 18.6 Å². The van der Waals surface area contributed by atoms with E-state index in [2.05, 4.69) is 15.6 Å². The van der Waals surface area contributed by atoms with Crippen LogP contribution in [0.3, 0.4) is 0 Å². The lowest BCUT2D eigenvalue weighted by Crippen LogP contribution is -2.36. The number of nitrogens with one attached hydrogen (secondary N) is 2. The van der Waals surface area contributed by atoms with Crippen LogP contribution in [-0.2, 0) is 18.2 Å². The van der Waals surface area contributed by atoms with Gasteiger partial charge in [-0.05, 0) is 35.7 Å². The first kappa shape index (κ1) is 23.1. The van der Waals surface area contributed by atoms with Crippen LogP contribution in [0.2, 0.25) is 0 Å². The van der Waals surface area contributed by atoms with Gasteiger partial charge >= 0.3 is 6.09 Å². The highest BCUT2D eigenvalue weighted by molar-refractivity contribution is 5.89. The zero-order valence-corrected chi connectivity index (χ0v) is 19.2. The number of fused-ring (bicyclic) bond motifs is 2. The smallest absolute Gasteiger partial charge is 0.416 e. The van der Waals surface area contributed by atoms with Gasteiger partial charge < -0.3 is 29.8 Å². The Morgan fingerprint density at radius 1 is 1.26 bits per heavy atom. The van der Waals surface area contributed by atoms with E-state index < -0.39 is 24.1 Å². The molecule has 1 fully saturated rings. The summed E-state index contributed by atoms with van der Waals surface area (Å²) in [7, 11) is 1.58. The van der Waals surface area contributed by atoms with Crippen molar-refractivity contribution in [3.8, 4) is 5.75 Å². The van der Waals surface area contributed by atoms with Gasteiger partial charge in [0.2, 0.25) is 0 Å². The molecule has 3 aromatic rings. The number of aliphatic hydroxyl groups excluding tert-OH is 1. The van der Waals surface area contributed by atoms with Crippen LogP contribution in [0, 0.1) is 5.82 Å². The summed E-state index contributed by atoms with van der Waals surface area (Å²) in [5, 5.41) is 17.5. The van der Waals surface area contributed by atoms with Crippen molar-refractivity contribution >= 4 is 28.6 Å². The summed E-state index contributed by atoms with van der Waals surface area (Å²) in [5.74, 6) is 1.22. The molecule has 5 rings (SSSR count). The third-order valence-corrected chi connectivity index (χ3v) is 6.17. The van der Waals surface area contributed by atoms with Gasteiger partial charge in [0.05, 0.1) is 24.7 Å². The predicted molar refractivity (Wildman–Crippen MR) is 128 cm³/mol. The van der Waals surface area contributed by atoms with E-state index in [9.17, 15) is 19.1 Å². The third kappa shape index (κ3) is 4.64. The number of hydrogen-bond donors (Lipinski definition) is 3. The molecule has 35 heavy (non-hydrogen) atoms. The van der Waals surface area contributed by atoms with Crippen molar-refractivity contribution in [1.82, 2.24) is 14.9 Å². The molecule has 184 valence electrons. The van der Waals surface area contributed by atoms with Gasteiger partial charge in [-0.1, -0.05) is 0 Å². The minimum atomic E-state index is -0.910. The monoisotopic (exact) mass is 483 g/mol. The quantitative estimate of drug-likeness (QED) is 0.462. The van der Waals surface area contributed by atoms with Crippen molar-refractivity contribution in [1.29, 1.82) is 0 Å². The molecule has 1 saturated heterocycles. The van der Waals surface area contributed by atoms with Gasteiger partial charge in [0.15, 0.2) is 11.6 Å². The number of aromatic nitrogens is 2. The maximum atomic E-state index is 14.6. The number of hydrogen-bond acceptors (Lipinski definition) is 8. The average Bonchev–Trinajstić information content (AvgIpc) is 3.23. The Labute approximate surface area is 200 Å². The summed E-state index contributed by atoms with van der Waals surface area (Å²) in [5.41, 5.74) is 0.502. The van der Waals surface area contributed by atoms with E-state index in [1.807, 2.05) is 0 Å². The van der Waals surface area contributed by atoms with Crippen molar-refractivity contribution in [2.24, 2.45) is 7.05 Å².